The van der Waals surface area contributed by atoms with E-state index in [4.69, 9.17) is 9.47 Å². The normalized spacial score (nSPS) is 10.8. The molecule has 0 amide bonds. The molecule has 1 aromatic rings. The van der Waals surface area contributed by atoms with E-state index in [1.807, 2.05) is 12.1 Å². The Balaban J connectivity index is 2.63. The van der Waals surface area contributed by atoms with Crippen molar-refractivity contribution in [3.63, 3.8) is 0 Å². The molecule has 1 heterocycles. The first-order valence-electron chi connectivity index (χ1n) is 5.57. The fourth-order valence-corrected chi connectivity index (χ4v) is 2.08. The van der Waals surface area contributed by atoms with Crippen LogP contribution in [-0.2, 0) is 11.3 Å². The molecule has 0 aromatic carbocycles. The SMILES string of the molecule is COCCN(CCBr)Cc1cccnc1OC. The second-order valence-electron chi connectivity index (χ2n) is 3.63. The van der Waals surface area contributed by atoms with Crippen LogP contribution in [0.1, 0.15) is 5.56 Å². The van der Waals surface area contributed by atoms with E-state index in [-0.39, 0.29) is 0 Å². The first-order chi connectivity index (χ1) is 8.31. The largest absolute Gasteiger partial charge is 0.481 e. The molecular formula is C12H19BrN2O2. The number of pyridine rings is 1. The summed E-state index contributed by atoms with van der Waals surface area (Å²) in [5, 5.41) is 0.944. The van der Waals surface area contributed by atoms with Crippen LogP contribution in [0.4, 0.5) is 0 Å². The summed E-state index contributed by atoms with van der Waals surface area (Å²) in [5.41, 5.74) is 1.10. The maximum absolute atomic E-state index is 5.25. The van der Waals surface area contributed by atoms with Crippen molar-refractivity contribution in [2.75, 3.05) is 39.2 Å². The summed E-state index contributed by atoms with van der Waals surface area (Å²) in [7, 11) is 3.37. The van der Waals surface area contributed by atoms with Crippen LogP contribution < -0.4 is 4.74 Å². The van der Waals surface area contributed by atoms with Gasteiger partial charge in [-0.05, 0) is 6.07 Å². The Hall–Kier alpha value is -0.650. The van der Waals surface area contributed by atoms with Crippen LogP contribution in [0, 0.1) is 0 Å². The van der Waals surface area contributed by atoms with E-state index < -0.39 is 0 Å². The Kier molecular flexibility index (Phi) is 7.16. The van der Waals surface area contributed by atoms with Gasteiger partial charge in [0.25, 0.3) is 0 Å². The topological polar surface area (TPSA) is 34.6 Å². The minimum atomic E-state index is 0.699. The van der Waals surface area contributed by atoms with Crippen LogP contribution in [0.25, 0.3) is 0 Å². The van der Waals surface area contributed by atoms with Crippen LogP contribution in [0.3, 0.4) is 0 Å². The lowest BCUT2D eigenvalue weighted by Gasteiger charge is -2.21. The first kappa shape index (κ1) is 14.4. The average molecular weight is 303 g/mol. The van der Waals surface area contributed by atoms with E-state index in [9.17, 15) is 0 Å². The summed E-state index contributed by atoms with van der Waals surface area (Å²) >= 11 is 3.46. The molecule has 0 N–H and O–H groups in total. The van der Waals surface area contributed by atoms with Gasteiger partial charge in [-0.2, -0.15) is 0 Å². The number of halogens is 1. The van der Waals surface area contributed by atoms with Gasteiger partial charge in [0.15, 0.2) is 0 Å². The second-order valence-corrected chi connectivity index (χ2v) is 4.42. The molecule has 17 heavy (non-hydrogen) atoms. The van der Waals surface area contributed by atoms with Crippen molar-refractivity contribution >= 4 is 15.9 Å². The molecule has 4 nitrogen and oxygen atoms in total. The number of aromatic nitrogens is 1. The predicted octanol–water partition coefficient (Wildman–Crippen LogP) is 1.93. The van der Waals surface area contributed by atoms with Gasteiger partial charge < -0.3 is 9.47 Å². The van der Waals surface area contributed by atoms with E-state index in [0.29, 0.717) is 5.88 Å². The van der Waals surface area contributed by atoms with Crippen molar-refractivity contribution < 1.29 is 9.47 Å². The van der Waals surface area contributed by atoms with Crippen molar-refractivity contribution in [2.24, 2.45) is 0 Å². The lowest BCUT2D eigenvalue weighted by atomic mass is 10.2. The summed E-state index contributed by atoms with van der Waals surface area (Å²) in [6.07, 6.45) is 1.74. The molecule has 0 radical (unpaired) electrons. The van der Waals surface area contributed by atoms with Crippen LogP contribution in [-0.4, -0.2) is 49.1 Å². The Bertz CT molecular complexity index is 323. The van der Waals surface area contributed by atoms with E-state index in [0.717, 1.165) is 37.1 Å². The minimum Gasteiger partial charge on any atom is -0.481 e. The number of ether oxygens (including phenoxy) is 2. The summed E-state index contributed by atoms with van der Waals surface area (Å²) in [6.45, 7) is 3.43. The van der Waals surface area contributed by atoms with Crippen molar-refractivity contribution in [3.05, 3.63) is 23.9 Å². The smallest absolute Gasteiger partial charge is 0.217 e. The summed E-state index contributed by atoms with van der Waals surface area (Å²) in [6, 6.07) is 3.97. The van der Waals surface area contributed by atoms with E-state index in [1.165, 1.54) is 0 Å². The standard InChI is InChI=1S/C12H19BrN2O2/c1-16-9-8-15(7-5-13)10-11-4-3-6-14-12(11)17-2/h3-4,6H,5,7-10H2,1-2H3. The van der Waals surface area contributed by atoms with Gasteiger partial charge in [-0.1, -0.05) is 22.0 Å². The zero-order chi connectivity index (χ0) is 12.5. The van der Waals surface area contributed by atoms with E-state index in [1.54, 1.807) is 20.4 Å². The summed E-state index contributed by atoms with van der Waals surface area (Å²) in [5.74, 6) is 0.699. The molecule has 0 fully saturated rings. The maximum Gasteiger partial charge on any atom is 0.217 e. The zero-order valence-corrected chi connectivity index (χ0v) is 11.9. The van der Waals surface area contributed by atoms with E-state index in [2.05, 4.69) is 25.8 Å². The lowest BCUT2D eigenvalue weighted by Crippen LogP contribution is -2.29. The highest BCUT2D eigenvalue weighted by Gasteiger charge is 2.09. The third-order valence-corrected chi connectivity index (χ3v) is 2.80. The molecule has 0 atom stereocenters. The highest BCUT2D eigenvalue weighted by molar-refractivity contribution is 9.09. The number of hydrogen-bond acceptors (Lipinski definition) is 4. The van der Waals surface area contributed by atoms with Gasteiger partial charge in [0, 0.05) is 43.8 Å². The zero-order valence-electron chi connectivity index (χ0n) is 10.4. The molecule has 5 heteroatoms. The third kappa shape index (κ3) is 5.02. The van der Waals surface area contributed by atoms with Gasteiger partial charge >= 0.3 is 0 Å². The number of methoxy groups -OCH3 is 2. The summed E-state index contributed by atoms with van der Waals surface area (Å²) in [4.78, 5) is 6.50. The highest BCUT2D eigenvalue weighted by atomic mass is 79.9. The van der Waals surface area contributed by atoms with Gasteiger partial charge in [-0.3, -0.25) is 4.90 Å². The molecule has 0 bridgehead atoms. The molecule has 0 spiro atoms. The molecule has 0 aliphatic carbocycles. The molecule has 0 unspecified atom stereocenters. The highest BCUT2D eigenvalue weighted by Crippen LogP contribution is 2.15. The van der Waals surface area contributed by atoms with Crippen molar-refractivity contribution in [1.82, 2.24) is 9.88 Å². The number of nitrogens with zero attached hydrogens (tertiary/aromatic N) is 2. The lowest BCUT2D eigenvalue weighted by molar-refractivity contribution is 0.147. The minimum absolute atomic E-state index is 0.699. The van der Waals surface area contributed by atoms with Gasteiger partial charge in [0.2, 0.25) is 5.88 Å². The molecule has 0 aliphatic rings. The average Bonchev–Trinajstić information content (AvgIpc) is 2.37. The third-order valence-electron chi connectivity index (χ3n) is 2.45. The maximum atomic E-state index is 5.25. The van der Waals surface area contributed by atoms with Crippen LogP contribution in [0.5, 0.6) is 5.88 Å². The Morgan fingerprint density at radius 2 is 2.18 bits per heavy atom. The number of hydrogen-bond donors (Lipinski definition) is 0. The summed E-state index contributed by atoms with van der Waals surface area (Å²) < 4.78 is 10.4. The predicted molar refractivity (Wildman–Crippen MR) is 71.7 cm³/mol. The Morgan fingerprint density at radius 3 is 2.82 bits per heavy atom. The molecule has 0 saturated heterocycles. The Labute approximate surface area is 111 Å². The van der Waals surface area contributed by atoms with Gasteiger partial charge in [-0.25, -0.2) is 4.98 Å². The second kappa shape index (κ2) is 8.44. The van der Waals surface area contributed by atoms with Gasteiger partial charge in [-0.15, -0.1) is 0 Å². The number of rotatable bonds is 8. The van der Waals surface area contributed by atoms with Gasteiger partial charge in [0.05, 0.1) is 13.7 Å². The van der Waals surface area contributed by atoms with Crippen molar-refractivity contribution in [2.45, 2.75) is 6.54 Å². The fourth-order valence-electron chi connectivity index (χ4n) is 1.58. The molecule has 0 aliphatic heterocycles. The van der Waals surface area contributed by atoms with Crippen LogP contribution in [0.2, 0.25) is 0 Å². The molecule has 0 saturated carbocycles. The quantitative estimate of drug-likeness (QED) is 0.687. The van der Waals surface area contributed by atoms with Crippen LogP contribution >= 0.6 is 15.9 Å². The number of alkyl halides is 1. The Morgan fingerprint density at radius 1 is 1.35 bits per heavy atom. The molecular weight excluding hydrogens is 284 g/mol. The molecule has 96 valence electrons. The van der Waals surface area contributed by atoms with Gasteiger partial charge in [0.1, 0.15) is 0 Å². The van der Waals surface area contributed by atoms with Crippen molar-refractivity contribution in [3.8, 4) is 5.88 Å². The molecule has 1 rings (SSSR count). The van der Waals surface area contributed by atoms with E-state index >= 15 is 0 Å². The first-order valence-corrected chi connectivity index (χ1v) is 6.69. The fraction of sp³-hybridized carbons (Fsp3) is 0.583. The monoisotopic (exact) mass is 302 g/mol. The molecule has 1 aromatic heterocycles. The van der Waals surface area contributed by atoms with Crippen molar-refractivity contribution in [1.29, 1.82) is 0 Å². The van der Waals surface area contributed by atoms with Crippen LogP contribution in [0.15, 0.2) is 18.3 Å².